The maximum atomic E-state index is 12.6. The van der Waals surface area contributed by atoms with Gasteiger partial charge in [-0.05, 0) is 81.5 Å². The van der Waals surface area contributed by atoms with Gasteiger partial charge >= 0.3 is 12.7 Å². The van der Waals surface area contributed by atoms with Gasteiger partial charge in [0.2, 0.25) is 0 Å². The van der Waals surface area contributed by atoms with Crippen LogP contribution in [0, 0.1) is 0 Å². The van der Waals surface area contributed by atoms with Crippen molar-refractivity contribution in [2.75, 3.05) is 11.1 Å². The van der Waals surface area contributed by atoms with E-state index in [1.54, 1.807) is 24.5 Å². The topological polar surface area (TPSA) is 111 Å². The molecule has 1 heterocycles. The summed E-state index contributed by atoms with van der Waals surface area (Å²) in [5.74, 6) is 0.618. The fraction of sp³-hybridized carbons (Fsp3) is 0.370. The number of benzene rings is 2. The van der Waals surface area contributed by atoms with Crippen molar-refractivity contribution in [3.8, 4) is 16.9 Å². The molecule has 1 fully saturated rings. The molecular formula is C27H30BrF2N5O3. The molecule has 4 rings (SSSR count). The van der Waals surface area contributed by atoms with Gasteiger partial charge < -0.3 is 25.8 Å². The number of ether oxygens (including phenoxy) is 2. The molecule has 8 nitrogen and oxygen atoms in total. The van der Waals surface area contributed by atoms with E-state index >= 15 is 0 Å². The van der Waals surface area contributed by atoms with E-state index in [0.29, 0.717) is 23.7 Å². The summed E-state index contributed by atoms with van der Waals surface area (Å²) in [6.45, 7) is 2.88. The van der Waals surface area contributed by atoms with Crippen LogP contribution in [0.15, 0.2) is 53.3 Å². The molecule has 11 heteroatoms. The van der Waals surface area contributed by atoms with Gasteiger partial charge in [0.25, 0.3) is 0 Å². The smallest absolute Gasteiger partial charge is 0.408 e. The number of nitrogen functional groups attached to an aromatic ring is 1. The molecule has 38 heavy (non-hydrogen) atoms. The van der Waals surface area contributed by atoms with E-state index < -0.39 is 23.8 Å². The zero-order chi connectivity index (χ0) is 27.5. The third kappa shape index (κ3) is 6.69. The number of nitrogens with two attached hydrogens (primary N) is 1. The molecule has 0 radical (unpaired) electrons. The molecule has 1 aliphatic carbocycles. The van der Waals surface area contributed by atoms with Crippen molar-refractivity contribution in [2.45, 2.75) is 64.3 Å². The van der Waals surface area contributed by atoms with Crippen molar-refractivity contribution in [3.05, 3.63) is 64.7 Å². The Balaban J connectivity index is 1.48. The van der Waals surface area contributed by atoms with Gasteiger partial charge in [-0.1, -0.05) is 22.0 Å². The van der Waals surface area contributed by atoms with Crippen molar-refractivity contribution in [1.82, 2.24) is 15.3 Å². The summed E-state index contributed by atoms with van der Waals surface area (Å²) in [4.78, 5) is 21.5. The molecule has 1 saturated carbocycles. The first-order valence-electron chi connectivity index (χ1n) is 12.1. The lowest BCUT2D eigenvalue weighted by molar-refractivity contribution is -0.0498. The second-order valence-electron chi connectivity index (χ2n) is 10.1. The van der Waals surface area contributed by atoms with E-state index in [1.807, 2.05) is 32.9 Å². The van der Waals surface area contributed by atoms with E-state index in [-0.39, 0.29) is 5.75 Å². The Bertz CT molecular complexity index is 1290. The SMILES string of the molecule is CC(C)(C)OC(=O)NC1(c2ncc(-c3ccc(N)c(NCc4cc(OC(F)F)ccc4Br)c3)cn2)CCC1. The molecule has 0 saturated heterocycles. The first-order chi connectivity index (χ1) is 17.9. The lowest BCUT2D eigenvalue weighted by atomic mass is 9.76. The highest BCUT2D eigenvalue weighted by Gasteiger charge is 2.43. The molecule has 1 amide bonds. The van der Waals surface area contributed by atoms with Crippen molar-refractivity contribution >= 4 is 33.4 Å². The molecule has 4 N–H and O–H groups in total. The minimum atomic E-state index is -2.90. The predicted octanol–water partition coefficient (Wildman–Crippen LogP) is 6.61. The molecule has 1 aliphatic rings. The molecule has 3 aromatic rings. The van der Waals surface area contributed by atoms with Crippen LogP contribution in [0.5, 0.6) is 5.75 Å². The van der Waals surface area contributed by atoms with Crippen LogP contribution in [-0.4, -0.2) is 28.3 Å². The predicted molar refractivity (Wildman–Crippen MR) is 145 cm³/mol. The van der Waals surface area contributed by atoms with Crippen molar-refractivity contribution < 1.29 is 23.0 Å². The summed E-state index contributed by atoms with van der Waals surface area (Å²) >= 11 is 3.44. The molecule has 2 aromatic carbocycles. The normalized spacial score (nSPS) is 14.5. The lowest BCUT2D eigenvalue weighted by Crippen LogP contribution is -2.53. The van der Waals surface area contributed by atoms with Crippen LogP contribution in [0.25, 0.3) is 11.1 Å². The number of anilines is 2. The standard InChI is InChI=1S/C27H30BrF2N5O3/c1-26(2,3)38-25(36)35-27(9-4-10-27)23-33-14-18(15-34-23)16-5-8-21(31)22(12-16)32-13-17-11-19(37-24(29)30)6-7-20(17)28/h5-8,11-12,14-15,24,32H,4,9-10,13,31H2,1-3H3,(H,35,36). The third-order valence-corrected chi connectivity index (χ3v) is 6.90. The zero-order valence-corrected chi connectivity index (χ0v) is 22.9. The highest BCUT2D eigenvalue weighted by Crippen LogP contribution is 2.40. The molecular weight excluding hydrogens is 560 g/mol. The Morgan fingerprint density at radius 1 is 1.13 bits per heavy atom. The molecule has 202 valence electrons. The maximum absolute atomic E-state index is 12.6. The van der Waals surface area contributed by atoms with Crippen molar-refractivity contribution in [3.63, 3.8) is 0 Å². The van der Waals surface area contributed by atoms with E-state index in [1.165, 1.54) is 12.1 Å². The summed E-state index contributed by atoms with van der Waals surface area (Å²) in [6.07, 6.45) is 5.38. The third-order valence-electron chi connectivity index (χ3n) is 6.13. The fourth-order valence-electron chi connectivity index (χ4n) is 4.10. The Hall–Kier alpha value is -3.47. The molecule has 0 spiro atoms. The second-order valence-corrected chi connectivity index (χ2v) is 11.0. The number of aromatic nitrogens is 2. The van der Waals surface area contributed by atoms with Gasteiger partial charge in [-0.15, -0.1) is 0 Å². The van der Waals surface area contributed by atoms with E-state index in [9.17, 15) is 13.6 Å². The van der Waals surface area contributed by atoms with Crippen molar-refractivity contribution in [1.29, 1.82) is 0 Å². The van der Waals surface area contributed by atoms with Crippen LogP contribution in [0.2, 0.25) is 0 Å². The van der Waals surface area contributed by atoms with Crippen LogP contribution in [0.3, 0.4) is 0 Å². The minimum Gasteiger partial charge on any atom is -0.444 e. The highest BCUT2D eigenvalue weighted by molar-refractivity contribution is 9.10. The number of hydrogen-bond donors (Lipinski definition) is 3. The molecule has 1 aromatic heterocycles. The van der Waals surface area contributed by atoms with Crippen LogP contribution in [0.1, 0.15) is 51.4 Å². The number of amides is 1. The van der Waals surface area contributed by atoms with Crippen LogP contribution in [-0.2, 0) is 16.8 Å². The number of alkyl halides is 2. The average molecular weight is 590 g/mol. The Kier molecular flexibility index (Phi) is 8.05. The molecule has 0 unspecified atom stereocenters. The number of carbonyl (C=O) groups excluding carboxylic acids is 1. The maximum Gasteiger partial charge on any atom is 0.408 e. The van der Waals surface area contributed by atoms with Gasteiger partial charge in [-0.2, -0.15) is 8.78 Å². The summed E-state index contributed by atoms with van der Waals surface area (Å²) in [5.41, 5.74) is 8.48. The number of rotatable bonds is 8. The zero-order valence-electron chi connectivity index (χ0n) is 21.4. The molecule has 0 atom stereocenters. The van der Waals surface area contributed by atoms with Gasteiger partial charge in [0, 0.05) is 29.0 Å². The van der Waals surface area contributed by atoms with Gasteiger partial charge in [0.15, 0.2) is 5.82 Å². The molecule has 0 aliphatic heterocycles. The van der Waals surface area contributed by atoms with Gasteiger partial charge in [-0.3, -0.25) is 0 Å². The lowest BCUT2D eigenvalue weighted by Gasteiger charge is -2.41. The van der Waals surface area contributed by atoms with Gasteiger partial charge in [0.1, 0.15) is 16.9 Å². The summed E-state index contributed by atoms with van der Waals surface area (Å²) in [5, 5.41) is 6.22. The summed E-state index contributed by atoms with van der Waals surface area (Å²) in [6, 6.07) is 10.2. The number of halogens is 3. The fourth-order valence-corrected chi connectivity index (χ4v) is 4.49. The van der Waals surface area contributed by atoms with Crippen LogP contribution >= 0.6 is 15.9 Å². The first kappa shape index (κ1) is 27.6. The van der Waals surface area contributed by atoms with E-state index in [4.69, 9.17) is 10.5 Å². The molecule has 0 bridgehead atoms. The number of carbonyl (C=O) groups is 1. The number of nitrogens with one attached hydrogen (secondary N) is 2. The van der Waals surface area contributed by atoms with Crippen LogP contribution in [0.4, 0.5) is 25.0 Å². The quantitative estimate of drug-likeness (QED) is 0.253. The number of alkyl carbamates (subject to hydrolysis) is 1. The largest absolute Gasteiger partial charge is 0.444 e. The summed E-state index contributed by atoms with van der Waals surface area (Å²) < 4.78 is 35.9. The summed E-state index contributed by atoms with van der Waals surface area (Å²) in [7, 11) is 0. The monoisotopic (exact) mass is 589 g/mol. The van der Waals surface area contributed by atoms with E-state index in [0.717, 1.165) is 40.4 Å². The number of nitrogens with zero attached hydrogens (tertiary/aromatic N) is 2. The van der Waals surface area contributed by atoms with Gasteiger partial charge in [-0.25, -0.2) is 14.8 Å². The highest BCUT2D eigenvalue weighted by atomic mass is 79.9. The minimum absolute atomic E-state index is 0.0735. The van der Waals surface area contributed by atoms with Crippen LogP contribution < -0.4 is 21.1 Å². The Morgan fingerprint density at radius 3 is 2.45 bits per heavy atom. The first-order valence-corrected chi connectivity index (χ1v) is 12.9. The Morgan fingerprint density at radius 2 is 1.84 bits per heavy atom. The Labute approximate surface area is 228 Å². The van der Waals surface area contributed by atoms with Crippen molar-refractivity contribution in [2.24, 2.45) is 0 Å². The van der Waals surface area contributed by atoms with Gasteiger partial charge in [0.05, 0.1) is 11.4 Å². The average Bonchev–Trinajstić information content (AvgIpc) is 2.81. The van der Waals surface area contributed by atoms with E-state index in [2.05, 4.69) is 41.3 Å². The second kappa shape index (κ2) is 11.1. The number of hydrogen-bond acceptors (Lipinski definition) is 7.